The second-order valence-electron chi connectivity index (χ2n) is 4.79. The Hall–Kier alpha value is -0.670. The predicted octanol–water partition coefficient (Wildman–Crippen LogP) is 0.641. The molecule has 1 fully saturated rings. The molecule has 0 saturated carbocycles. The van der Waals surface area contributed by atoms with Crippen LogP contribution in [-0.2, 0) is 10.0 Å². The van der Waals surface area contributed by atoms with Crippen LogP contribution in [-0.4, -0.2) is 59.7 Å². The van der Waals surface area contributed by atoms with Crippen LogP contribution in [0, 0.1) is 0 Å². The third-order valence-corrected chi connectivity index (χ3v) is 5.81. The Morgan fingerprint density at radius 3 is 2.76 bits per heavy atom. The van der Waals surface area contributed by atoms with E-state index in [1.54, 1.807) is 12.1 Å². The maximum absolute atomic E-state index is 12.3. The van der Waals surface area contributed by atoms with Gasteiger partial charge in [-0.05, 0) is 28.1 Å². The average Bonchev–Trinajstić information content (AvgIpc) is 2.48. The monoisotopic (exact) mass is 377 g/mol. The smallest absolute Gasteiger partial charge is 0.241 e. The lowest BCUT2D eigenvalue weighted by atomic mass is 10.3. The van der Waals surface area contributed by atoms with Crippen LogP contribution >= 0.6 is 15.9 Å². The fourth-order valence-electron chi connectivity index (χ4n) is 2.17. The topological polar surface area (TPSA) is 70.7 Å². The maximum Gasteiger partial charge on any atom is 0.241 e. The van der Waals surface area contributed by atoms with Gasteiger partial charge >= 0.3 is 0 Å². The van der Waals surface area contributed by atoms with E-state index in [0.717, 1.165) is 26.2 Å². The van der Waals surface area contributed by atoms with Crippen molar-refractivity contribution in [2.45, 2.75) is 4.90 Å². The van der Waals surface area contributed by atoms with Gasteiger partial charge in [0.05, 0.1) is 12.0 Å². The molecule has 1 aromatic rings. The summed E-state index contributed by atoms with van der Waals surface area (Å²) in [5, 5.41) is 3.27. The van der Waals surface area contributed by atoms with E-state index in [9.17, 15) is 8.42 Å². The molecule has 21 heavy (non-hydrogen) atoms. The Labute approximate surface area is 134 Å². The lowest BCUT2D eigenvalue weighted by molar-refractivity contribution is 0.245. The summed E-state index contributed by atoms with van der Waals surface area (Å²) in [5.41, 5.74) is 0. The highest BCUT2D eigenvalue weighted by Crippen LogP contribution is 2.26. The zero-order valence-corrected chi connectivity index (χ0v) is 14.3. The van der Waals surface area contributed by atoms with Crippen molar-refractivity contribution in [2.24, 2.45) is 0 Å². The zero-order valence-electron chi connectivity index (χ0n) is 11.9. The van der Waals surface area contributed by atoms with Crippen molar-refractivity contribution in [3.05, 3.63) is 22.7 Å². The number of hydrogen-bond donors (Lipinski definition) is 2. The number of ether oxygens (including phenoxy) is 1. The second-order valence-corrected chi connectivity index (χ2v) is 7.38. The normalized spacial score (nSPS) is 16.9. The van der Waals surface area contributed by atoms with Crippen LogP contribution in [0.4, 0.5) is 0 Å². The van der Waals surface area contributed by atoms with Crippen LogP contribution in [0.2, 0.25) is 0 Å². The molecule has 2 rings (SSSR count). The molecule has 0 aliphatic carbocycles. The van der Waals surface area contributed by atoms with Gasteiger partial charge in [-0.1, -0.05) is 0 Å². The number of hydrogen-bond acceptors (Lipinski definition) is 5. The molecule has 0 aromatic heterocycles. The predicted molar refractivity (Wildman–Crippen MR) is 85.2 cm³/mol. The summed E-state index contributed by atoms with van der Waals surface area (Å²) in [6.07, 6.45) is 0. The third-order valence-electron chi connectivity index (χ3n) is 3.36. The number of sulfonamides is 1. The van der Waals surface area contributed by atoms with Crippen LogP contribution in [0.25, 0.3) is 0 Å². The van der Waals surface area contributed by atoms with E-state index in [1.165, 1.54) is 13.2 Å². The minimum atomic E-state index is -3.54. The minimum Gasteiger partial charge on any atom is -0.497 e. The first kappa shape index (κ1) is 16.7. The van der Waals surface area contributed by atoms with E-state index in [1.807, 2.05) is 0 Å². The lowest BCUT2D eigenvalue weighted by Gasteiger charge is -2.27. The summed E-state index contributed by atoms with van der Waals surface area (Å²) < 4.78 is 32.9. The molecule has 0 amide bonds. The van der Waals surface area contributed by atoms with Crippen molar-refractivity contribution in [3.63, 3.8) is 0 Å². The van der Waals surface area contributed by atoms with Crippen LogP contribution < -0.4 is 14.8 Å². The molecule has 118 valence electrons. The first-order chi connectivity index (χ1) is 10.0. The molecule has 2 N–H and O–H groups in total. The summed E-state index contributed by atoms with van der Waals surface area (Å²) in [4.78, 5) is 2.43. The van der Waals surface area contributed by atoms with Crippen molar-refractivity contribution in [1.29, 1.82) is 0 Å². The molecule has 6 nitrogen and oxygen atoms in total. The first-order valence-corrected chi connectivity index (χ1v) is 9.07. The fraction of sp³-hybridized carbons (Fsp3) is 0.538. The number of halogens is 1. The number of piperazine rings is 1. The molecular formula is C13H20BrN3O3S. The zero-order chi connectivity index (χ0) is 15.3. The van der Waals surface area contributed by atoms with Crippen molar-refractivity contribution in [3.8, 4) is 5.75 Å². The molecular weight excluding hydrogens is 358 g/mol. The van der Waals surface area contributed by atoms with Gasteiger partial charge in [0.1, 0.15) is 5.75 Å². The molecule has 0 atom stereocenters. The molecule has 0 spiro atoms. The van der Waals surface area contributed by atoms with Gasteiger partial charge in [-0.3, -0.25) is 4.90 Å². The van der Waals surface area contributed by atoms with E-state index in [0.29, 0.717) is 23.3 Å². The number of methoxy groups -OCH3 is 1. The average molecular weight is 378 g/mol. The molecule has 8 heteroatoms. The van der Waals surface area contributed by atoms with Crippen LogP contribution in [0.15, 0.2) is 27.6 Å². The Balaban J connectivity index is 1.97. The number of benzene rings is 1. The number of nitrogens with zero attached hydrogens (tertiary/aromatic N) is 1. The van der Waals surface area contributed by atoms with Gasteiger partial charge in [-0.2, -0.15) is 0 Å². The highest BCUT2D eigenvalue weighted by atomic mass is 79.9. The quantitative estimate of drug-likeness (QED) is 0.761. The second kappa shape index (κ2) is 7.55. The molecule has 0 unspecified atom stereocenters. The molecule has 0 bridgehead atoms. The van der Waals surface area contributed by atoms with Gasteiger partial charge in [0.15, 0.2) is 0 Å². The number of rotatable bonds is 6. The fourth-order valence-corrected chi connectivity index (χ4v) is 4.16. The third kappa shape index (κ3) is 4.65. The summed E-state index contributed by atoms with van der Waals surface area (Å²) in [5.74, 6) is 0.515. The van der Waals surface area contributed by atoms with E-state index in [-0.39, 0.29) is 4.90 Å². The Morgan fingerprint density at radius 2 is 2.10 bits per heavy atom. The molecule has 0 radical (unpaired) electrons. The van der Waals surface area contributed by atoms with Crippen molar-refractivity contribution in [2.75, 3.05) is 46.4 Å². The lowest BCUT2D eigenvalue weighted by Crippen LogP contribution is -2.46. The Morgan fingerprint density at radius 1 is 1.38 bits per heavy atom. The van der Waals surface area contributed by atoms with Gasteiger partial charge in [0.25, 0.3) is 0 Å². The highest BCUT2D eigenvalue weighted by molar-refractivity contribution is 9.10. The molecule has 1 aliphatic heterocycles. The van der Waals surface area contributed by atoms with Crippen LogP contribution in [0.1, 0.15) is 0 Å². The van der Waals surface area contributed by atoms with E-state index >= 15 is 0 Å². The van der Waals surface area contributed by atoms with Crippen molar-refractivity contribution >= 4 is 26.0 Å². The summed E-state index contributed by atoms with van der Waals surface area (Å²) in [6.45, 7) is 4.91. The Kier molecular flexibility index (Phi) is 6.00. The molecule has 1 aliphatic rings. The molecule has 1 heterocycles. The SMILES string of the molecule is COc1ccc(Br)c(S(=O)(=O)NCCN2CCNCC2)c1. The van der Waals surface area contributed by atoms with E-state index in [4.69, 9.17) is 4.74 Å². The first-order valence-electron chi connectivity index (χ1n) is 6.79. The van der Waals surface area contributed by atoms with E-state index in [2.05, 4.69) is 30.9 Å². The van der Waals surface area contributed by atoms with Gasteiger partial charge in [-0.15, -0.1) is 0 Å². The minimum absolute atomic E-state index is 0.196. The largest absolute Gasteiger partial charge is 0.497 e. The maximum atomic E-state index is 12.3. The van der Waals surface area contributed by atoms with E-state index < -0.39 is 10.0 Å². The van der Waals surface area contributed by atoms with Crippen LogP contribution in [0.5, 0.6) is 5.75 Å². The Bertz CT molecular complexity index is 574. The summed E-state index contributed by atoms with van der Waals surface area (Å²) in [7, 11) is -2.03. The summed E-state index contributed by atoms with van der Waals surface area (Å²) in [6, 6.07) is 4.89. The number of nitrogens with one attached hydrogen (secondary N) is 2. The molecule has 1 saturated heterocycles. The van der Waals surface area contributed by atoms with Gasteiger partial charge in [0.2, 0.25) is 10.0 Å². The molecule has 1 aromatic carbocycles. The van der Waals surface area contributed by atoms with Crippen molar-refractivity contribution in [1.82, 2.24) is 14.9 Å². The van der Waals surface area contributed by atoms with Crippen LogP contribution in [0.3, 0.4) is 0 Å². The van der Waals surface area contributed by atoms with Gasteiger partial charge < -0.3 is 10.1 Å². The standard InChI is InChI=1S/C13H20BrN3O3S/c1-20-11-2-3-12(14)13(10-11)21(18,19)16-6-9-17-7-4-15-5-8-17/h2-3,10,15-16H,4-9H2,1H3. The van der Waals surface area contributed by atoms with Crippen molar-refractivity contribution < 1.29 is 13.2 Å². The highest BCUT2D eigenvalue weighted by Gasteiger charge is 2.19. The van der Waals surface area contributed by atoms with Gasteiger partial charge in [0, 0.05) is 49.8 Å². The van der Waals surface area contributed by atoms with Gasteiger partial charge in [-0.25, -0.2) is 13.1 Å². The summed E-state index contributed by atoms with van der Waals surface area (Å²) >= 11 is 3.27.